The van der Waals surface area contributed by atoms with Crippen molar-refractivity contribution in [3.63, 3.8) is 0 Å². The molecule has 5 nitrogen and oxygen atoms in total. The number of aryl methyl sites for hydroxylation is 2. The number of benzene rings is 1. The summed E-state index contributed by atoms with van der Waals surface area (Å²) in [5, 5.41) is 8.87. The van der Waals surface area contributed by atoms with Crippen molar-refractivity contribution in [2.45, 2.75) is 19.8 Å². The molecule has 0 N–H and O–H groups in total. The lowest BCUT2D eigenvalue weighted by atomic mass is 10.1. The standard InChI is InChI=1S/C20H22N4O/c1-16-12-18(15-22-14-16)4-7-20(25)24-10-8-23(9-11-24)19-5-2-17(13-21)3-6-19/h2-3,5-6,12,14-15H,4,7-11H2,1H3. The fourth-order valence-corrected chi connectivity index (χ4v) is 3.12. The number of carbonyl (C=O) groups excluding carboxylic acids is 1. The van der Waals surface area contributed by atoms with Crippen LogP contribution in [0.4, 0.5) is 5.69 Å². The molecule has 0 unspecified atom stereocenters. The number of rotatable bonds is 4. The minimum Gasteiger partial charge on any atom is -0.368 e. The molecule has 1 aromatic carbocycles. The maximum absolute atomic E-state index is 12.4. The van der Waals surface area contributed by atoms with Gasteiger partial charge in [-0.3, -0.25) is 9.78 Å². The minimum atomic E-state index is 0.209. The number of hydrogen-bond acceptors (Lipinski definition) is 4. The number of anilines is 1. The van der Waals surface area contributed by atoms with Crippen molar-refractivity contribution in [3.8, 4) is 6.07 Å². The Balaban J connectivity index is 1.49. The molecule has 5 heteroatoms. The van der Waals surface area contributed by atoms with Crippen LogP contribution in [-0.2, 0) is 11.2 Å². The van der Waals surface area contributed by atoms with Crippen LogP contribution >= 0.6 is 0 Å². The predicted molar refractivity (Wildman–Crippen MR) is 97.2 cm³/mol. The van der Waals surface area contributed by atoms with E-state index < -0.39 is 0 Å². The molecule has 1 fully saturated rings. The Morgan fingerprint density at radius 2 is 1.88 bits per heavy atom. The van der Waals surface area contributed by atoms with Crippen molar-refractivity contribution >= 4 is 11.6 Å². The normalized spacial score (nSPS) is 14.2. The molecule has 0 saturated carbocycles. The first-order valence-electron chi connectivity index (χ1n) is 8.59. The Hall–Kier alpha value is -2.87. The highest BCUT2D eigenvalue weighted by molar-refractivity contribution is 5.76. The van der Waals surface area contributed by atoms with E-state index >= 15 is 0 Å². The molecule has 0 atom stereocenters. The van der Waals surface area contributed by atoms with Gasteiger partial charge < -0.3 is 9.80 Å². The van der Waals surface area contributed by atoms with Crippen molar-refractivity contribution in [2.75, 3.05) is 31.1 Å². The van der Waals surface area contributed by atoms with E-state index in [-0.39, 0.29) is 5.91 Å². The lowest BCUT2D eigenvalue weighted by molar-refractivity contribution is -0.131. The lowest BCUT2D eigenvalue weighted by Crippen LogP contribution is -2.48. The van der Waals surface area contributed by atoms with Gasteiger partial charge >= 0.3 is 0 Å². The summed E-state index contributed by atoms with van der Waals surface area (Å²) >= 11 is 0. The second kappa shape index (κ2) is 7.80. The van der Waals surface area contributed by atoms with Gasteiger partial charge in [0.25, 0.3) is 0 Å². The Kier molecular flexibility index (Phi) is 5.30. The fraction of sp³-hybridized carbons (Fsp3) is 0.350. The van der Waals surface area contributed by atoms with Crippen LogP contribution in [-0.4, -0.2) is 42.0 Å². The van der Waals surface area contributed by atoms with Gasteiger partial charge in [0.1, 0.15) is 0 Å². The zero-order valence-corrected chi connectivity index (χ0v) is 14.5. The van der Waals surface area contributed by atoms with E-state index in [9.17, 15) is 4.79 Å². The van der Waals surface area contributed by atoms with Crippen LogP contribution in [0.15, 0.2) is 42.7 Å². The number of amides is 1. The van der Waals surface area contributed by atoms with Gasteiger partial charge in [0, 0.05) is 50.7 Å². The summed E-state index contributed by atoms with van der Waals surface area (Å²) in [5.41, 5.74) is 4.02. The molecule has 25 heavy (non-hydrogen) atoms. The number of nitriles is 1. The number of hydrogen-bond donors (Lipinski definition) is 0. The van der Waals surface area contributed by atoms with Crippen molar-refractivity contribution in [2.24, 2.45) is 0 Å². The molecule has 1 amide bonds. The van der Waals surface area contributed by atoms with Crippen LogP contribution in [0, 0.1) is 18.3 Å². The summed E-state index contributed by atoms with van der Waals surface area (Å²) < 4.78 is 0. The van der Waals surface area contributed by atoms with Gasteiger partial charge in [0.15, 0.2) is 0 Å². The number of carbonyl (C=O) groups is 1. The third-order valence-corrected chi connectivity index (χ3v) is 4.55. The molecule has 3 rings (SSSR count). The Morgan fingerprint density at radius 1 is 1.16 bits per heavy atom. The summed E-state index contributed by atoms with van der Waals surface area (Å²) in [6.07, 6.45) is 4.93. The molecule has 1 saturated heterocycles. The van der Waals surface area contributed by atoms with Crippen LogP contribution in [0.1, 0.15) is 23.1 Å². The zero-order chi connectivity index (χ0) is 17.6. The van der Waals surface area contributed by atoms with Gasteiger partial charge in [-0.25, -0.2) is 0 Å². The Bertz CT molecular complexity index is 771. The molecule has 1 aromatic heterocycles. The zero-order valence-electron chi connectivity index (χ0n) is 14.5. The fourth-order valence-electron chi connectivity index (χ4n) is 3.12. The molecule has 1 aliphatic heterocycles. The number of piperazine rings is 1. The van der Waals surface area contributed by atoms with E-state index in [1.807, 2.05) is 48.5 Å². The maximum Gasteiger partial charge on any atom is 0.223 e. The SMILES string of the molecule is Cc1cncc(CCC(=O)N2CCN(c3ccc(C#N)cc3)CC2)c1. The van der Waals surface area contributed by atoms with Crippen LogP contribution in [0.5, 0.6) is 0 Å². The number of pyridine rings is 1. The van der Waals surface area contributed by atoms with E-state index in [1.165, 1.54) is 0 Å². The molecule has 2 heterocycles. The topological polar surface area (TPSA) is 60.2 Å². The first kappa shape index (κ1) is 17.0. The molecule has 0 aliphatic carbocycles. The van der Waals surface area contributed by atoms with Gasteiger partial charge in [-0.05, 0) is 48.7 Å². The molecular weight excluding hydrogens is 312 g/mol. The average Bonchev–Trinajstić information content (AvgIpc) is 2.66. The molecule has 0 spiro atoms. The van der Waals surface area contributed by atoms with Gasteiger partial charge in [0.05, 0.1) is 11.6 Å². The minimum absolute atomic E-state index is 0.209. The predicted octanol–water partition coefficient (Wildman–Crippen LogP) is 2.54. The largest absolute Gasteiger partial charge is 0.368 e. The van der Waals surface area contributed by atoms with E-state index in [2.05, 4.69) is 22.0 Å². The van der Waals surface area contributed by atoms with Crippen molar-refractivity contribution in [1.82, 2.24) is 9.88 Å². The molecule has 0 radical (unpaired) electrons. The van der Waals surface area contributed by atoms with E-state index in [0.717, 1.165) is 49.4 Å². The van der Waals surface area contributed by atoms with Crippen molar-refractivity contribution in [3.05, 3.63) is 59.4 Å². The Labute approximate surface area is 148 Å². The van der Waals surface area contributed by atoms with E-state index in [0.29, 0.717) is 12.0 Å². The van der Waals surface area contributed by atoms with E-state index in [1.54, 1.807) is 0 Å². The smallest absolute Gasteiger partial charge is 0.223 e. The first-order valence-corrected chi connectivity index (χ1v) is 8.59. The highest BCUT2D eigenvalue weighted by Crippen LogP contribution is 2.17. The second-order valence-electron chi connectivity index (χ2n) is 6.40. The average molecular weight is 334 g/mol. The third-order valence-electron chi connectivity index (χ3n) is 4.55. The monoisotopic (exact) mass is 334 g/mol. The van der Waals surface area contributed by atoms with Crippen molar-refractivity contribution in [1.29, 1.82) is 5.26 Å². The second-order valence-corrected chi connectivity index (χ2v) is 6.40. The van der Waals surface area contributed by atoms with Crippen LogP contribution in [0.3, 0.4) is 0 Å². The van der Waals surface area contributed by atoms with Gasteiger partial charge in [0.2, 0.25) is 5.91 Å². The van der Waals surface area contributed by atoms with Gasteiger partial charge in [-0.2, -0.15) is 5.26 Å². The number of nitrogens with zero attached hydrogens (tertiary/aromatic N) is 4. The molecule has 2 aromatic rings. The Morgan fingerprint density at radius 3 is 2.52 bits per heavy atom. The third kappa shape index (κ3) is 4.36. The quantitative estimate of drug-likeness (QED) is 0.862. The van der Waals surface area contributed by atoms with Crippen molar-refractivity contribution < 1.29 is 4.79 Å². The summed E-state index contributed by atoms with van der Waals surface area (Å²) in [7, 11) is 0. The summed E-state index contributed by atoms with van der Waals surface area (Å²) in [6, 6.07) is 11.8. The molecular formula is C20H22N4O. The maximum atomic E-state index is 12.4. The van der Waals surface area contributed by atoms with Crippen LogP contribution in [0.2, 0.25) is 0 Å². The summed E-state index contributed by atoms with van der Waals surface area (Å²) in [5.74, 6) is 0.209. The highest BCUT2D eigenvalue weighted by atomic mass is 16.2. The summed E-state index contributed by atoms with van der Waals surface area (Å²) in [6.45, 7) is 5.14. The highest BCUT2D eigenvalue weighted by Gasteiger charge is 2.21. The van der Waals surface area contributed by atoms with Crippen LogP contribution < -0.4 is 4.90 Å². The molecule has 128 valence electrons. The lowest BCUT2D eigenvalue weighted by Gasteiger charge is -2.36. The first-order chi connectivity index (χ1) is 12.2. The summed E-state index contributed by atoms with van der Waals surface area (Å²) in [4.78, 5) is 20.8. The van der Waals surface area contributed by atoms with Crippen LogP contribution in [0.25, 0.3) is 0 Å². The van der Waals surface area contributed by atoms with Gasteiger partial charge in [-0.15, -0.1) is 0 Å². The van der Waals surface area contributed by atoms with E-state index in [4.69, 9.17) is 5.26 Å². The molecule has 0 bridgehead atoms. The molecule has 1 aliphatic rings. The van der Waals surface area contributed by atoms with Gasteiger partial charge in [-0.1, -0.05) is 6.07 Å². The number of aromatic nitrogens is 1.